The number of hydrogen-bond acceptors (Lipinski definition) is 1. The summed E-state index contributed by atoms with van der Waals surface area (Å²) in [4.78, 5) is 8.54. The van der Waals surface area contributed by atoms with Crippen LogP contribution in [0.25, 0.3) is 26.5 Å². The molecule has 1 heterocycles. The average molecular weight is 492 g/mol. The summed E-state index contributed by atoms with van der Waals surface area (Å²) in [5, 5.41) is 3.02. The Morgan fingerprint density at radius 2 is 1.92 bits per heavy atom. The molecular formula is C21H19IrN2-. The Balaban J connectivity index is 0.00000169. The molecule has 0 saturated heterocycles. The fourth-order valence-corrected chi connectivity index (χ4v) is 4.55. The maximum Gasteiger partial charge on any atom is 0.154 e. The Morgan fingerprint density at radius 3 is 2.62 bits per heavy atom. The SMILES string of the molecule is [C-]#[N+]c1cc2c3c(cnc2c2[c-]cccc12)C(C)(C)CC3(C)C.[Ir]. The second kappa shape index (κ2) is 5.38. The van der Waals surface area contributed by atoms with Crippen LogP contribution < -0.4 is 0 Å². The van der Waals surface area contributed by atoms with E-state index in [0.717, 1.165) is 28.1 Å². The van der Waals surface area contributed by atoms with Crippen LogP contribution in [0.3, 0.4) is 0 Å². The maximum atomic E-state index is 7.57. The van der Waals surface area contributed by atoms with E-state index in [9.17, 15) is 0 Å². The summed E-state index contributed by atoms with van der Waals surface area (Å²) in [6.45, 7) is 16.7. The van der Waals surface area contributed by atoms with Gasteiger partial charge in [0.15, 0.2) is 5.69 Å². The molecule has 0 amide bonds. The summed E-state index contributed by atoms with van der Waals surface area (Å²) >= 11 is 0. The Morgan fingerprint density at radius 1 is 1.17 bits per heavy atom. The van der Waals surface area contributed by atoms with Crippen LogP contribution in [0.1, 0.15) is 45.2 Å². The molecular weight excluding hydrogens is 472 g/mol. The molecule has 2 aromatic carbocycles. The summed E-state index contributed by atoms with van der Waals surface area (Å²) in [7, 11) is 0. The van der Waals surface area contributed by atoms with Gasteiger partial charge in [0.05, 0.1) is 6.57 Å². The van der Waals surface area contributed by atoms with E-state index in [1.165, 1.54) is 11.1 Å². The molecule has 1 aromatic heterocycles. The molecule has 24 heavy (non-hydrogen) atoms. The minimum absolute atomic E-state index is 0. The average Bonchev–Trinajstić information content (AvgIpc) is 2.71. The molecule has 3 aromatic rings. The molecule has 3 heteroatoms. The first-order valence-electron chi connectivity index (χ1n) is 8.00. The van der Waals surface area contributed by atoms with Crippen molar-refractivity contribution >= 4 is 27.4 Å². The van der Waals surface area contributed by atoms with Gasteiger partial charge in [-0.15, -0.1) is 35.0 Å². The van der Waals surface area contributed by atoms with Crippen LogP contribution in [0.15, 0.2) is 30.5 Å². The molecule has 1 aliphatic carbocycles. The summed E-state index contributed by atoms with van der Waals surface area (Å²) < 4.78 is 0. The fourth-order valence-electron chi connectivity index (χ4n) is 4.55. The molecule has 0 aliphatic heterocycles. The molecule has 2 nitrogen and oxygen atoms in total. The number of benzene rings is 2. The Kier molecular flexibility index (Phi) is 3.83. The largest absolute Gasteiger partial charge is 0.304 e. The second-order valence-electron chi connectivity index (χ2n) is 7.85. The molecule has 0 fully saturated rings. The minimum atomic E-state index is 0. The molecule has 0 unspecified atom stereocenters. The number of aromatic nitrogens is 1. The normalized spacial score (nSPS) is 17.3. The van der Waals surface area contributed by atoms with E-state index in [1.807, 2.05) is 30.5 Å². The molecule has 4 rings (SSSR count). The molecule has 1 radical (unpaired) electrons. The van der Waals surface area contributed by atoms with Crippen molar-refractivity contribution in [2.24, 2.45) is 0 Å². The van der Waals surface area contributed by atoms with E-state index in [4.69, 9.17) is 11.6 Å². The van der Waals surface area contributed by atoms with Gasteiger partial charge < -0.3 is 4.98 Å². The van der Waals surface area contributed by atoms with E-state index in [1.54, 1.807) is 0 Å². The number of rotatable bonds is 0. The monoisotopic (exact) mass is 492 g/mol. The summed E-state index contributed by atoms with van der Waals surface area (Å²) in [6.07, 6.45) is 3.14. The van der Waals surface area contributed by atoms with Gasteiger partial charge in [-0.2, -0.15) is 0 Å². The third-order valence-electron chi connectivity index (χ3n) is 5.18. The maximum absolute atomic E-state index is 7.57. The summed E-state index contributed by atoms with van der Waals surface area (Å²) in [6, 6.07) is 11.2. The molecule has 1 aliphatic rings. The van der Waals surface area contributed by atoms with Gasteiger partial charge in [-0.25, -0.2) is 4.85 Å². The van der Waals surface area contributed by atoms with Crippen molar-refractivity contribution in [3.8, 4) is 0 Å². The van der Waals surface area contributed by atoms with E-state index in [-0.39, 0.29) is 30.9 Å². The van der Waals surface area contributed by atoms with E-state index in [0.29, 0.717) is 5.69 Å². The fraction of sp³-hybridized carbons (Fsp3) is 0.333. The van der Waals surface area contributed by atoms with Crippen LogP contribution in [-0.4, -0.2) is 4.98 Å². The standard InChI is InChI=1S/C21H19N2.Ir/c1-20(2)12-21(3,4)18-15-10-17(22-5)13-8-6-7-9-14(13)19(15)23-11-16(18)20;/h6-8,10-11H,12H2,1-4H3;/q-1;. The third kappa shape index (κ3) is 2.21. The van der Waals surface area contributed by atoms with Crippen LogP contribution in [0.4, 0.5) is 5.69 Å². The van der Waals surface area contributed by atoms with Crippen LogP contribution in [-0.2, 0) is 30.9 Å². The number of pyridine rings is 1. The van der Waals surface area contributed by atoms with Gasteiger partial charge in [0.25, 0.3) is 0 Å². The number of hydrogen-bond donors (Lipinski definition) is 0. The van der Waals surface area contributed by atoms with E-state index in [2.05, 4.69) is 38.6 Å². The predicted molar refractivity (Wildman–Crippen MR) is 95.0 cm³/mol. The zero-order chi connectivity index (χ0) is 16.4. The van der Waals surface area contributed by atoms with Crippen LogP contribution in [0.2, 0.25) is 0 Å². The molecule has 123 valence electrons. The van der Waals surface area contributed by atoms with Gasteiger partial charge >= 0.3 is 0 Å². The Labute approximate surface area is 156 Å². The van der Waals surface area contributed by atoms with E-state index < -0.39 is 0 Å². The van der Waals surface area contributed by atoms with Crippen molar-refractivity contribution in [2.75, 3.05) is 0 Å². The smallest absolute Gasteiger partial charge is 0.154 e. The van der Waals surface area contributed by atoms with Gasteiger partial charge in [-0.3, -0.25) is 0 Å². The molecule has 0 saturated carbocycles. The molecule has 0 bridgehead atoms. The third-order valence-corrected chi connectivity index (χ3v) is 5.18. The van der Waals surface area contributed by atoms with Crippen LogP contribution >= 0.6 is 0 Å². The zero-order valence-electron chi connectivity index (χ0n) is 14.3. The molecule has 0 N–H and O–H groups in total. The minimum Gasteiger partial charge on any atom is -0.304 e. The molecule has 0 spiro atoms. The quantitative estimate of drug-likeness (QED) is 0.292. The first kappa shape index (κ1) is 17.1. The molecule has 0 atom stereocenters. The summed E-state index contributed by atoms with van der Waals surface area (Å²) in [5.74, 6) is 0. The van der Waals surface area contributed by atoms with Crippen LogP contribution in [0.5, 0.6) is 0 Å². The van der Waals surface area contributed by atoms with E-state index >= 15 is 0 Å². The van der Waals surface area contributed by atoms with Crippen molar-refractivity contribution < 1.29 is 20.1 Å². The Bertz CT molecular complexity index is 1010. The predicted octanol–water partition coefficient (Wildman–Crippen LogP) is 5.70. The number of nitrogens with zero attached hydrogens (tertiary/aromatic N) is 2. The van der Waals surface area contributed by atoms with Crippen molar-refractivity contribution in [1.82, 2.24) is 4.98 Å². The van der Waals surface area contributed by atoms with Gasteiger partial charge in [-0.1, -0.05) is 33.8 Å². The van der Waals surface area contributed by atoms with Gasteiger partial charge in [0.1, 0.15) is 0 Å². The van der Waals surface area contributed by atoms with Gasteiger partial charge in [0, 0.05) is 26.3 Å². The van der Waals surface area contributed by atoms with Crippen molar-refractivity contribution in [3.63, 3.8) is 0 Å². The topological polar surface area (TPSA) is 17.2 Å². The first-order chi connectivity index (χ1) is 10.8. The Hall–Kier alpha value is -1.75. The first-order valence-corrected chi connectivity index (χ1v) is 8.00. The van der Waals surface area contributed by atoms with Crippen molar-refractivity contribution in [2.45, 2.75) is 44.9 Å². The zero-order valence-corrected chi connectivity index (χ0v) is 16.7. The van der Waals surface area contributed by atoms with Gasteiger partial charge in [0.2, 0.25) is 0 Å². The number of fused-ring (bicyclic) bond motifs is 5. The van der Waals surface area contributed by atoms with Crippen molar-refractivity contribution in [3.05, 3.63) is 59.1 Å². The summed E-state index contributed by atoms with van der Waals surface area (Å²) in [5.41, 5.74) is 4.55. The van der Waals surface area contributed by atoms with Crippen LogP contribution in [0, 0.1) is 12.6 Å². The van der Waals surface area contributed by atoms with Crippen molar-refractivity contribution in [1.29, 1.82) is 0 Å². The second-order valence-corrected chi connectivity index (χ2v) is 7.85. The van der Waals surface area contributed by atoms with Gasteiger partial charge in [-0.05, 0) is 39.3 Å².